The van der Waals surface area contributed by atoms with Crippen molar-refractivity contribution in [3.05, 3.63) is 58.4 Å². The highest BCUT2D eigenvalue weighted by atomic mass is 32.2. The number of carbonyl (C=O) groups is 2. The van der Waals surface area contributed by atoms with Gasteiger partial charge in [0, 0.05) is 20.0 Å². The molecule has 2 aromatic rings. The van der Waals surface area contributed by atoms with E-state index < -0.39 is 17.1 Å². The zero-order valence-electron chi connectivity index (χ0n) is 16.8. The smallest absolute Gasteiger partial charge is 0.235 e. The van der Waals surface area contributed by atoms with Crippen LogP contribution >= 0.6 is 11.8 Å². The summed E-state index contributed by atoms with van der Waals surface area (Å²) in [5, 5.41) is 9.34. The number of nitrogens with zero attached hydrogens (tertiary/aromatic N) is 4. The molecular weight excluding hydrogens is 400 g/mol. The number of thioether (sulfide) groups is 1. The lowest BCUT2D eigenvalue weighted by Crippen LogP contribution is -2.25. The van der Waals surface area contributed by atoms with Crippen molar-refractivity contribution in [2.75, 3.05) is 18.5 Å². The van der Waals surface area contributed by atoms with Crippen LogP contribution in [0.2, 0.25) is 0 Å². The van der Waals surface area contributed by atoms with Gasteiger partial charge >= 0.3 is 0 Å². The van der Waals surface area contributed by atoms with Crippen LogP contribution in [0.1, 0.15) is 35.3 Å². The molecule has 154 valence electrons. The summed E-state index contributed by atoms with van der Waals surface area (Å²) >= 11 is 1.08. The van der Waals surface area contributed by atoms with Gasteiger partial charge in [0.25, 0.3) is 0 Å². The Morgan fingerprint density at radius 2 is 2.00 bits per heavy atom. The van der Waals surface area contributed by atoms with Crippen LogP contribution in [0.15, 0.2) is 35.4 Å². The normalized spacial score (nSPS) is 11.2. The molecule has 0 aliphatic heterocycles. The molecule has 0 saturated heterocycles. The molecule has 8 nitrogen and oxygen atoms in total. The topological polar surface area (TPSA) is 130 Å². The number of amides is 2. The molecule has 0 saturated carbocycles. The fourth-order valence-electron chi connectivity index (χ4n) is 2.93. The van der Waals surface area contributed by atoms with Gasteiger partial charge in [0.1, 0.15) is 22.2 Å². The molecule has 9 heteroatoms. The van der Waals surface area contributed by atoms with Crippen LogP contribution < -0.4 is 16.4 Å². The Morgan fingerprint density at radius 3 is 2.50 bits per heavy atom. The molecule has 0 bridgehead atoms. The minimum atomic E-state index is -0.752. The molecule has 1 aromatic carbocycles. The minimum absolute atomic E-state index is 0.0908. The second kappa shape index (κ2) is 10.3. The molecule has 30 heavy (non-hydrogen) atoms. The van der Waals surface area contributed by atoms with E-state index in [1.807, 2.05) is 13.0 Å². The molecule has 4 N–H and O–H groups in total. The summed E-state index contributed by atoms with van der Waals surface area (Å²) in [4.78, 5) is 33.1. The van der Waals surface area contributed by atoms with Crippen molar-refractivity contribution >= 4 is 35.1 Å². The summed E-state index contributed by atoms with van der Waals surface area (Å²) < 4.78 is 0. The maximum Gasteiger partial charge on any atom is 0.235 e. The van der Waals surface area contributed by atoms with Crippen LogP contribution in [-0.4, -0.2) is 30.4 Å². The van der Waals surface area contributed by atoms with Gasteiger partial charge in [-0.15, -0.1) is 0 Å². The van der Waals surface area contributed by atoms with Crippen molar-refractivity contribution in [2.45, 2.75) is 30.0 Å². The SMILES string of the molecule is [C-]#[N+]c1c(N(C)CCC(N)=O)nc(SC(C(N)=O)c2ccccc2)c(C#N)c1CC. The zero-order chi connectivity index (χ0) is 22.3. The first-order valence-electron chi connectivity index (χ1n) is 9.18. The van der Waals surface area contributed by atoms with Gasteiger partial charge in [-0.25, -0.2) is 9.83 Å². The number of pyridine rings is 1. The molecule has 0 spiro atoms. The van der Waals surface area contributed by atoms with Crippen molar-refractivity contribution in [3.63, 3.8) is 0 Å². The Kier molecular flexibility index (Phi) is 7.79. The predicted molar refractivity (Wildman–Crippen MR) is 116 cm³/mol. The number of aromatic nitrogens is 1. The van der Waals surface area contributed by atoms with E-state index in [1.54, 1.807) is 36.2 Å². The van der Waals surface area contributed by atoms with Gasteiger partial charge in [-0.2, -0.15) is 5.26 Å². The number of carbonyl (C=O) groups excluding carboxylic acids is 2. The third-order valence-corrected chi connectivity index (χ3v) is 5.70. The summed E-state index contributed by atoms with van der Waals surface area (Å²) in [6.45, 7) is 9.71. The van der Waals surface area contributed by atoms with Crippen molar-refractivity contribution in [1.29, 1.82) is 5.26 Å². The van der Waals surface area contributed by atoms with E-state index in [2.05, 4.69) is 15.9 Å². The van der Waals surface area contributed by atoms with Crippen molar-refractivity contribution in [1.82, 2.24) is 4.98 Å². The number of rotatable bonds is 9. The lowest BCUT2D eigenvalue weighted by Gasteiger charge is -2.23. The van der Waals surface area contributed by atoms with Crippen molar-refractivity contribution in [2.24, 2.45) is 11.5 Å². The molecule has 2 rings (SSSR count). The summed E-state index contributed by atoms with van der Waals surface area (Å²) in [6, 6.07) is 11.1. The number of nitriles is 1. The third kappa shape index (κ3) is 5.07. The molecule has 0 aliphatic rings. The van der Waals surface area contributed by atoms with Crippen molar-refractivity contribution in [3.8, 4) is 6.07 Å². The van der Waals surface area contributed by atoms with Gasteiger partial charge in [0.05, 0.1) is 12.1 Å². The highest BCUT2D eigenvalue weighted by molar-refractivity contribution is 8.00. The molecule has 0 radical (unpaired) electrons. The number of anilines is 1. The minimum Gasteiger partial charge on any atom is -0.370 e. The van der Waals surface area contributed by atoms with E-state index in [-0.39, 0.29) is 24.2 Å². The Balaban J connectivity index is 2.61. The Morgan fingerprint density at radius 1 is 1.33 bits per heavy atom. The average molecular weight is 423 g/mol. The first kappa shape index (κ1) is 22.7. The Bertz CT molecular complexity index is 1030. The number of hydrogen-bond donors (Lipinski definition) is 2. The number of primary amides is 2. The van der Waals surface area contributed by atoms with Crippen LogP contribution in [0.3, 0.4) is 0 Å². The second-order valence-corrected chi connectivity index (χ2v) is 7.56. The van der Waals surface area contributed by atoms with Crippen LogP contribution in [0.25, 0.3) is 4.85 Å². The van der Waals surface area contributed by atoms with E-state index in [4.69, 9.17) is 18.0 Å². The van der Waals surface area contributed by atoms with Crippen LogP contribution in [-0.2, 0) is 16.0 Å². The molecule has 1 aromatic heterocycles. The molecule has 1 unspecified atom stereocenters. The fourth-order valence-corrected chi connectivity index (χ4v) is 3.99. The van der Waals surface area contributed by atoms with E-state index >= 15 is 0 Å². The highest BCUT2D eigenvalue weighted by Crippen LogP contribution is 2.42. The first-order valence-corrected chi connectivity index (χ1v) is 10.1. The lowest BCUT2D eigenvalue weighted by atomic mass is 10.1. The molecular formula is C21H22N6O2S. The fraction of sp³-hybridized carbons (Fsp3) is 0.286. The number of nitrogens with two attached hydrogens (primary N) is 2. The Labute approximate surface area is 179 Å². The Hall–Kier alpha value is -3.56. The van der Waals surface area contributed by atoms with E-state index in [0.29, 0.717) is 28.4 Å². The summed E-state index contributed by atoms with van der Waals surface area (Å²) in [7, 11) is 1.70. The van der Waals surface area contributed by atoms with E-state index in [9.17, 15) is 14.9 Å². The largest absolute Gasteiger partial charge is 0.370 e. The molecule has 2 amide bonds. The average Bonchev–Trinajstić information content (AvgIpc) is 2.74. The van der Waals surface area contributed by atoms with E-state index in [0.717, 1.165) is 11.8 Å². The molecule has 1 atom stereocenters. The van der Waals surface area contributed by atoms with Gasteiger partial charge in [-0.1, -0.05) is 49.0 Å². The maximum atomic E-state index is 12.2. The number of hydrogen-bond acceptors (Lipinski definition) is 6. The number of benzene rings is 1. The van der Waals surface area contributed by atoms with Gasteiger partial charge in [0.15, 0.2) is 0 Å². The summed E-state index contributed by atoms with van der Waals surface area (Å²) in [6.07, 6.45) is 0.521. The first-order chi connectivity index (χ1) is 14.3. The van der Waals surface area contributed by atoms with Gasteiger partial charge in [0.2, 0.25) is 17.5 Å². The second-order valence-electron chi connectivity index (χ2n) is 6.47. The molecule has 0 aliphatic carbocycles. The monoisotopic (exact) mass is 422 g/mol. The molecule has 0 fully saturated rings. The van der Waals surface area contributed by atoms with Crippen LogP contribution in [0, 0.1) is 17.9 Å². The summed E-state index contributed by atoms with van der Waals surface area (Å²) in [5.74, 6) is -0.697. The van der Waals surface area contributed by atoms with Crippen LogP contribution in [0.4, 0.5) is 11.5 Å². The van der Waals surface area contributed by atoms with Gasteiger partial charge in [-0.05, 0) is 17.5 Å². The van der Waals surface area contributed by atoms with Gasteiger partial charge in [-0.3, -0.25) is 9.59 Å². The lowest BCUT2D eigenvalue weighted by molar-refractivity contribution is -0.118. The maximum absolute atomic E-state index is 12.2. The van der Waals surface area contributed by atoms with Crippen molar-refractivity contribution < 1.29 is 9.59 Å². The molecule has 1 heterocycles. The highest BCUT2D eigenvalue weighted by Gasteiger charge is 2.26. The zero-order valence-corrected chi connectivity index (χ0v) is 17.6. The van der Waals surface area contributed by atoms with Gasteiger partial charge < -0.3 is 16.4 Å². The standard InChI is InChI=1S/C21H22N6O2S/c1-4-14-15(12-22)21(30-18(19(24)29)13-8-6-5-7-9-13)26-20(17(14)25-2)27(3)11-10-16(23)28/h5-9,18H,4,10-11H2,1,3H3,(H2,23,28)(H2,24,29). The van der Waals surface area contributed by atoms with E-state index in [1.165, 1.54) is 0 Å². The predicted octanol–water partition coefficient (Wildman–Crippen LogP) is 2.70. The van der Waals surface area contributed by atoms with Crippen LogP contribution in [0.5, 0.6) is 0 Å². The quantitative estimate of drug-likeness (QED) is 0.472. The summed E-state index contributed by atoms with van der Waals surface area (Å²) in [5.41, 5.74) is 12.6. The third-order valence-electron chi connectivity index (χ3n) is 4.44.